The van der Waals surface area contributed by atoms with Gasteiger partial charge in [-0.1, -0.05) is 54.6 Å². The van der Waals surface area contributed by atoms with Crippen LogP contribution in [-0.4, -0.2) is 41.9 Å². The van der Waals surface area contributed by atoms with Gasteiger partial charge in [0.05, 0.1) is 29.3 Å². The van der Waals surface area contributed by atoms with Crippen LogP contribution in [0.25, 0.3) is 0 Å². The molecule has 1 aliphatic rings. The third-order valence-electron chi connectivity index (χ3n) is 8.68. The molecule has 10 heteroatoms. The van der Waals surface area contributed by atoms with Crippen LogP contribution >= 0.6 is 0 Å². The lowest BCUT2D eigenvalue weighted by Gasteiger charge is -2.42. The van der Waals surface area contributed by atoms with E-state index in [0.29, 0.717) is 41.9 Å². The van der Waals surface area contributed by atoms with Crippen LogP contribution in [-0.2, 0) is 12.8 Å². The Bertz CT molecular complexity index is 1790. The first kappa shape index (κ1) is 33.6. The van der Waals surface area contributed by atoms with Gasteiger partial charge in [0.15, 0.2) is 0 Å². The number of carboxylic acid groups (broad SMARTS) is 1. The highest BCUT2D eigenvalue weighted by atomic mass is 19.1. The number of carbonyl (C=O) groups is 2. The monoisotopic (exact) mass is 644 g/mol. The molecule has 1 aliphatic heterocycles. The Morgan fingerprint density at radius 1 is 0.917 bits per heavy atom. The molecule has 4 atom stereocenters. The summed E-state index contributed by atoms with van der Waals surface area (Å²) < 4.78 is 13.6. The number of nitrogens with one attached hydrogen (secondary N) is 3. The maximum Gasteiger partial charge on any atom is 0.412 e. The largest absolute Gasteiger partial charge is 0.465 e. The second-order valence-electron chi connectivity index (χ2n) is 12.1. The van der Waals surface area contributed by atoms with Crippen molar-refractivity contribution in [2.45, 2.75) is 50.2 Å². The zero-order chi connectivity index (χ0) is 33.9. The molecule has 4 unspecified atom stereocenters. The average Bonchev–Trinajstić information content (AvgIpc) is 3.09. The molecule has 0 radical (unpaired) electrons. The fourth-order valence-corrected chi connectivity index (χ4v) is 6.49. The minimum Gasteiger partial charge on any atom is -0.465 e. The third-order valence-corrected chi connectivity index (χ3v) is 8.68. The number of carbonyl (C=O) groups excluding carboxylic acids is 1. The van der Waals surface area contributed by atoms with E-state index in [9.17, 15) is 29.6 Å². The van der Waals surface area contributed by atoms with E-state index in [2.05, 4.69) is 28.1 Å². The van der Waals surface area contributed by atoms with Crippen LogP contribution in [0.3, 0.4) is 0 Å². The second-order valence-corrected chi connectivity index (χ2v) is 12.1. The van der Waals surface area contributed by atoms with Gasteiger partial charge >= 0.3 is 12.1 Å². The third kappa shape index (κ3) is 9.18. The number of hydrogen-bond acceptors (Lipinski definition) is 5. The summed E-state index contributed by atoms with van der Waals surface area (Å²) in [7, 11) is 0. The van der Waals surface area contributed by atoms with Gasteiger partial charge in [-0.3, -0.25) is 4.90 Å². The molecule has 0 saturated carbocycles. The van der Waals surface area contributed by atoms with Gasteiger partial charge in [-0.05, 0) is 104 Å². The first-order chi connectivity index (χ1) is 23.3. The molecular weight excluding hydrogens is 607 g/mol. The zero-order valence-electron chi connectivity index (χ0n) is 26.4. The summed E-state index contributed by atoms with van der Waals surface area (Å²) in [5.41, 5.74) is 3.54. The molecule has 0 bridgehead atoms. The molecule has 3 amide bonds. The Labute approximate surface area is 279 Å². The zero-order valence-corrected chi connectivity index (χ0v) is 26.4. The molecule has 244 valence electrons. The summed E-state index contributed by atoms with van der Waals surface area (Å²) in [5, 5.41) is 39.1. The lowest BCUT2D eigenvalue weighted by Crippen LogP contribution is -2.58. The van der Waals surface area contributed by atoms with Crippen molar-refractivity contribution in [2.24, 2.45) is 5.92 Å². The van der Waals surface area contributed by atoms with E-state index in [1.807, 2.05) is 30.3 Å². The number of benzene rings is 4. The van der Waals surface area contributed by atoms with E-state index in [1.54, 1.807) is 60.7 Å². The van der Waals surface area contributed by atoms with Crippen molar-refractivity contribution in [2.75, 3.05) is 16.8 Å². The molecule has 9 nitrogen and oxygen atoms in total. The number of nitrogens with zero attached hydrogens (tertiary/aromatic N) is 3. The summed E-state index contributed by atoms with van der Waals surface area (Å²) in [6.07, 6.45) is 1.75. The SMILES string of the molecule is N#Cc1cccc(NC(=O)NC(Cc2ccccc2)CC(C2CC(Cc3ccc(F)cc3)CCN2)N(C(=O)O)c2cccc(C#N)c2)c1. The van der Waals surface area contributed by atoms with Crippen molar-refractivity contribution in [3.63, 3.8) is 0 Å². The number of anilines is 2. The predicted molar refractivity (Wildman–Crippen MR) is 182 cm³/mol. The lowest BCUT2D eigenvalue weighted by molar-refractivity contribution is 0.188. The maximum atomic E-state index is 13.6. The van der Waals surface area contributed by atoms with Crippen molar-refractivity contribution in [1.29, 1.82) is 10.5 Å². The smallest absolute Gasteiger partial charge is 0.412 e. The number of piperidine rings is 1. The highest BCUT2D eigenvalue weighted by molar-refractivity contribution is 5.90. The highest BCUT2D eigenvalue weighted by Gasteiger charge is 2.37. The summed E-state index contributed by atoms with van der Waals surface area (Å²) in [6.45, 7) is 0.658. The summed E-state index contributed by atoms with van der Waals surface area (Å²) in [5.74, 6) is -0.0843. The first-order valence-corrected chi connectivity index (χ1v) is 15.9. The molecule has 0 aromatic heterocycles. The first-order valence-electron chi connectivity index (χ1n) is 15.9. The van der Waals surface area contributed by atoms with Crippen LogP contribution in [0.15, 0.2) is 103 Å². The number of urea groups is 1. The van der Waals surface area contributed by atoms with Crippen LogP contribution in [0.1, 0.15) is 41.5 Å². The highest BCUT2D eigenvalue weighted by Crippen LogP contribution is 2.30. The molecule has 4 aromatic rings. The predicted octanol–water partition coefficient (Wildman–Crippen LogP) is 6.86. The van der Waals surface area contributed by atoms with Gasteiger partial charge in [0.1, 0.15) is 5.82 Å². The van der Waals surface area contributed by atoms with Crippen molar-refractivity contribution in [1.82, 2.24) is 10.6 Å². The number of nitriles is 2. The summed E-state index contributed by atoms with van der Waals surface area (Å²) in [4.78, 5) is 27.8. The number of halogens is 1. The molecule has 48 heavy (non-hydrogen) atoms. The van der Waals surface area contributed by atoms with Gasteiger partial charge in [0.2, 0.25) is 0 Å². The standard InChI is InChI=1S/C38H37FN6O3/c39-31-14-12-27(13-15-31)18-28-16-17-42-35(22-28)36(45(38(47)48)34-11-5-9-30(21-34)25-41)23-33(19-26-6-2-1-3-7-26)44-37(46)43-32-10-4-8-29(20-32)24-40/h1-15,20-21,28,33,35-36,42H,16-19,22-23H2,(H,47,48)(H2,43,44,46). The van der Waals surface area contributed by atoms with Crippen LogP contribution in [0.2, 0.25) is 0 Å². The Morgan fingerprint density at radius 2 is 1.62 bits per heavy atom. The van der Waals surface area contributed by atoms with Crippen molar-refractivity contribution >= 4 is 23.5 Å². The number of rotatable bonds is 11. The molecular formula is C38H37FN6O3. The minimum absolute atomic E-state index is 0.210. The normalized spacial score (nSPS) is 16.8. The molecule has 5 rings (SSSR count). The van der Waals surface area contributed by atoms with E-state index in [-0.39, 0.29) is 24.2 Å². The fourth-order valence-electron chi connectivity index (χ4n) is 6.49. The molecule has 0 spiro atoms. The van der Waals surface area contributed by atoms with E-state index in [1.165, 1.54) is 17.0 Å². The fraction of sp³-hybridized carbons (Fsp3) is 0.263. The van der Waals surface area contributed by atoms with Crippen LogP contribution in [0.5, 0.6) is 0 Å². The molecule has 1 fully saturated rings. The van der Waals surface area contributed by atoms with Gasteiger partial charge in [0, 0.05) is 23.5 Å². The quantitative estimate of drug-likeness (QED) is 0.141. The lowest BCUT2D eigenvalue weighted by atomic mass is 9.82. The summed E-state index contributed by atoms with van der Waals surface area (Å²) in [6, 6.07) is 31.5. The van der Waals surface area contributed by atoms with Gasteiger partial charge < -0.3 is 21.1 Å². The average molecular weight is 645 g/mol. The van der Waals surface area contributed by atoms with E-state index >= 15 is 0 Å². The number of hydrogen-bond donors (Lipinski definition) is 4. The van der Waals surface area contributed by atoms with Gasteiger partial charge in [-0.2, -0.15) is 10.5 Å². The van der Waals surface area contributed by atoms with Crippen molar-refractivity contribution < 1.29 is 19.1 Å². The van der Waals surface area contributed by atoms with Crippen molar-refractivity contribution in [3.8, 4) is 12.1 Å². The van der Waals surface area contributed by atoms with Gasteiger partial charge in [-0.25, -0.2) is 14.0 Å². The Morgan fingerprint density at radius 3 is 2.33 bits per heavy atom. The molecule has 0 aliphatic carbocycles. The van der Waals surface area contributed by atoms with Crippen molar-refractivity contribution in [3.05, 3.63) is 131 Å². The molecule has 1 saturated heterocycles. The Kier molecular flexibility index (Phi) is 11.4. The second kappa shape index (κ2) is 16.2. The van der Waals surface area contributed by atoms with Crippen LogP contribution in [0.4, 0.5) is 25.4 Å². The maximum absolute atomic E-state index is 13.6. The molecule has 4 aromatic carbocycles. The van der Waals surface area contributed by atoms with Crippen LogP contribution < -0.4 is 20.9 Å². The van der Waals surface area contributed by atoms with E-state index in [4.69, 9.17) is 0 Å². The minimum atomic E-state index is -1.17. The van der Waals surface area contributed by atoms with Gasteiger partial charge in [0.25, 0.3) is 0 Å². The number of amides is 3. The van der Waals surface area contributed by atoms with Gasteiger partial charge in [-0.15, -0.1) is 0 Å². The Hall–Kier alpha value is -5.71. The molecule has 4 N–H and O–H groups in total. The van der Waals surface area contributed by atoms with E-state index in [0.717, 1.165) is 24.0 Å². The topological polar surface area (TPSA) is 141 Å². The Balaban J connectivity index is 1.47. The molecule has 1 heterocycles. The van der Waals surface area contributed by atoms with Crippen LogP contribution in [0, 0.1) is 34.4 Å². The summed E-state index contributed by atoms with van der Waals surface area (Å²) >= 11 is 0. The van der Waals surface area contributed by atoms with E-state index < -0.39 is 24.2 Å².